The summed E-state index contributed by atoms with van der Waals surface area (Å²) in [6.45, 7) is 0.233. The zero-order valence-corrected chi connectivity index (χ0v) is 19.7. The summed E-state index contributed by atoms with van der Waals surface area (Å²) in [5.41, 5.74) is 6.87. The van der Waals surface area contributed by atoms with Crippen LogP contribution in [0.3, 0.4) is 0 Å². The summed E-state index contributed by atoms with van der Waals surface area (Å²) >= 11 is 6.04. The van der Waals surface area contributed by atoms with Gasteiger partial charge in [-0.25, -0.2) is 18.4 Å². The van der Waals surface area contributed by atoms with Crippen LogP contribution in [-0.4, -0.2) is 31.8 Å². The van der Waals surface area contributed by atoms with Crippen LogP contribution in [0.1, 0.15) is 5.56 Å². The molecule has 2 aromatic carbocycles. The third kappa shape index (κ3) is 7.61. The summed E-state index contributed by atoms with van der Waals surface area (Å²) in [7, 11) is -3.52. The van der Waals surface area contributed by atoms with Gasteiger partial charge in [-0.15, -0.1) is 0 Å². The highest BCUT2D eigenvalue weighted by atomic mass is 35.5. The third-order valence-corrected chi connectivity index (χ3v) is 5.06. The molecule has 9 nitrogen and oxygen atoms in total. The second kappa shape index (κ2) is 11.3. The smallest absolute Gasteiger partial charge is 0.258 e. The summed E-state index contributed by atoms with van der Waals surface area (Å²) in [6.07, 6.45) is 4.97. The second-order valence-corrected chi connectivity index (χ2v) is 9.21. The van der Waals surface area contributed by atoms with Gasteiger partial charge in [-0.2, -0.15) is 0 Å². The molecule has 1 aromatic heterocycles. The molecule has 1 heterocycles. The second-order valence-electron chi connectivity index (χ2n) is 7.03. The number of carbonyl (C=O) groups is 1. The minimum absolute atomic E-state index is 0.0539. The van der Waals surface area contributed by atoms with Crippen molar-refractivity contribution in [3.05, 3.63) is 89.2 Å². The van der Waals surface area contributed by atoms with Crippen LogP contribution in [0.5, 0.6) is 5.75 Å². The molecule has 34 heavy (non-hydrogen) atoms. The maximum absolute atomic E-state index is 12.7. The number of hydrogen-bond donors (Lipinski definition) is 3. The number of ether oxygens (including phenoxy) is 1. The number of amides is 1. The van der Waals surface area contributed by atoms with Crippen LogP contribution < -0.4 is 20.5 Å². The van der Waals surface area contributed by atoms with Crippen molar-refractivity contribution in [2.75, 3.05) is 16.3 Å². The van der Waals surface area contributed by atoms with Crippen LogP contribution in [0, 0.1) is 0 Å². The van der Waals surface area contributed by atoms with Gasteiger partial charge in [0.2, 0.25) is 10.0 Å². The largest absolute Gasteiger partial charge is 0.489 e. The number of pyridine rings is 1. The fraction of sp³-hybridized carbons (Fsp3) is 0.0870. The lowest BCUT2D eigenvalue weighted by molar-refractivity contribution is -0.112. The first-order valence-electron chi connectivity index (χ1n) is 9.91. The summed E-state index contributed by atoms with van der Waals surface area (Å²) in [4.78, 5) is 21.2. The maximum atomic E-state index is 12.7. The average Bonchev–Trinajstić information content (AvgIpc) is 2.78. The Balaban J connectivity index is 1.72. The van der Waals surface area contributed by atoms with Crippen molar-refractivity contribution >= 4 is 50.9 Å². The lowest BCUT2D eigenvalue weighted by Crippen LogP contribution is -2.17. The summed E-state index contributed by atoms with van der Waals surface area (Å²) in [5.74, 6) is 0.499. The fourth-order valence-corrected chi connectivity index (χ4v) is 3.56. The number of carbonyl (C=O) groups excluding carboxylic acids is 1. The molecule has 0 fully saturated rings. The molecule has 3 rings (SSSR count). The van der Waals surface area contributed by atoms with Crippen LogP contribution in [0.4, 0.5) is 17.2 Å². The van der Waals surface area contributed by atoms with Gasteiger partial charge in [-0.3, -0.25) is 9.52 Å². The van der Waals surface area contributed by atoms with E-state index in [2.05, 4.69) is 20.0 Å². The molecule has 0 aliphatic heterocycles. The first-order chi connectivity index (χ1) is 16.2. The molecule has 3 aromatic rings. The van der Waals surface area contributed by atoms with E-state index in [4.69, 9.17) is 22.1 Å². The topological polar surface area (TPSA) is 136 Å². The number of aliphatic imine (C=N–C) groups is 1. The predicted molar refractivity (Wildman–Crippen MR) is 134 cm³/mol. The molecule has 0 saturated heterocycles. The highest BCUT2D eigenvalue weighted by Crippen LogP contribution is 2.24. The van der Waals surface area contributed by atoms with E-state index < -0.39 is 15.9 Å². The number of anilines is 2. The summed E-state index contributed by atoms with van der Waals surface area (Å²) in [5, 5.41) is 2.84. The van der Waals surface area contributed by atoms with Gasteiger partial charge in [0.15, 0.2) is 5.82 Å². The number of hydrogen-bond acceptors (Lipinski definition) is 7. The van der Waals surface area contributed by atoms with Crippen LogP contribution in [0.25, 0.3) is 0 Å². The molecular weight excluding hydrogens is 478 g/mol. The van der Waals surface area contributed by atoms with Crippen molar-refractivity contribution < 1.29 is 17.9 Å². The first kappa shape index (κ1) is 24.7. The summed E-state index contributed by atoms with van der Waals surface area (Å²) in [6, 6.07) is 17.2. The third-order valence-electron chi connectivity index (χ3n) is 4.23. The normalized spacial score (nSPS) is 11.9. The van der Waals surface area contributed by atoms with Gasteiger partial charge in [-0.05, 0) is 36.4 Å². The van der Waals surface area contributed by atoms with Gasteiger partial charge in [0, 0.05) is 34.9 Å². The molecule has 11 heteroatoms. The highest BCUT2D eigenvalue weighted by Gasteiger charge is 2.11. The Morgan fingerprint density at radius 1 is 1.15 bits per heavy atom. The molecule has 0 atom stereocenters. The molecular formula is C23H22ClN5O4S. The average molecular weight is 500 g/mol. The van der Waals surface area contributed by atoms with Crippen molar-refractivity contribution in [1.82, 2.24) is 4.98 Å². The quantitative estimate of drug-likeness (QED) is 0.302. The van der Waals surface area contributed by atoms with Crippen molar-refractivity contribution in [2.24, 2.45) is 10.7 Å². The van der Waals surface area contributed by atoms with E-state index in [0.29, 0.717) is 17.1 Å². The fourth-order valence-electron chi connectivity index (χ4n) is 2.78. The molecule has 0 unspecified atom stereocenters. The number of aromatic nitrogens is 1. The molecule has 0 spiro atoms. The minimum Gasteiger partial charge on any atom is -0.489 e. The van der Waals surface area contributed by atoms with Gasteiger partial charge in [-0.1, -0.05) is 35.9 Å². The van der Waals surface area contributed by atoms with E-state index in [1.54, 1.807) is 12.3 Å². The van der Waals surface area contributed by atoms with Gasteiger partial charge in [0.1, 0.15) is 12.4 Å². The van der Waals surface area contributed by atoms with Crippen molar-refractivity contribution in [3.63, 3.8) is 0 Å². The number of nitrogens with two attached hydrogens (primary N) is 1. The Morgan fingerprint density at radius 3 is 2.59 bits per heavy atom. The van der Waals surface area contributed by atoms with E-state index >= 15 is 0 Å². The molecule has 0 saturated carbocycles. The molecule has 0 aliphatic rings. The standard InChI is InChI=1S/C23H22ClN5O4S/c1-34(31,32)29-20-11-18(24)10-19(12-20)28-23(30)17(13-25)14-27-22-16(6-5-9-26-22)15-33-21-7-3-2-4-8-21/h2-14,29H,15,25H2,1H3,(H,28,30)/b17-13+,27-14+. The Labute approximate surface area is 202 Å². The Hall–Kier alpha value is -3.89. The van der Waals surface area contributed by atoms with Crippen LogP contribution in [0.15, 0.2) is 83.6 Å². The van der Waals surface area contributed by atoms with E-state index in [0.717, 1.165) is 12.5 Å². The maximum Gasteiger partial charge on any atom is 0.258 e. The van der Waals surface area contributed by atoms with Crippen LogP contribution >= 0.6 is 11.6 Å². The molecule has 0 aliphatic carbocycles. The van der Waals surface area contributed by atoms with Gasteiger partial charge in [0.25, 0.3) is 5.91 Å². The number of halogens is 1. The number of para-hydroxylation sites is 1. The van der Waals surface area contributed by atoms with Gasteiger partial charge < -0.3 is 15.8 Å². The van der Waals surface area contributed by atoms with Crippen molar-refractivity contribution in [2.45, 2.75) is 6.61 Å². The van der Waals surface area contributed by atoms with Crippen LogP contribution in [-0.2, 0) is 21.4 Å². The van der Waals surface area contributed by atoms with Crippen molar-refractivity contribution in [3.8, 4) is 5.75 Å². The zero-order valence-electron chi connectivity index (χ0n) is 18.1. The number of nitrogens with one attached hydrogen (secondary N) is 2. The molecule has 0 bridgehead atoms. The minimum atomic E-state index is -3.52. The number of benzene rings is 2. The SMILES string of the molecule is CS(=O)(=O)Nc1cc(Cl)cc(NC(=O)C(/C=N/c2ncccc2COc2ccccc2)=C/N)c1. The first-order valence-corrected chi connectivity index (χ1v) is 12.2. The lowest BCUT2D eigenvalue weighted by Gasteiger charge is -2.10. The van der Waals surface area contributed by atoms with Crippen molar-refractivity contribution in [1.29, 1.82) is 0 Å². The predicted octanol–water partition coefficient (Wildman–Crippen LogP) is 3.87. The van der Waals surface area contributed by atoms with Gasteiger partial charge >= 0.3 is 0 Å². The monoisotopic (exact) mass is 499 g/mol. The van der Waals surface area contributed by atoms with Crippen LogP contribution in [0.2, 0.25) is 5.02 Å². The molecule has 0 radical (unpaired) electrons. The number of sulfonamides is 1. The van der Waals surface area contributed by atoms with E-state index in [-0.39, 0.29) is 28.6 Å². The Kier molecular flexibility index (Phi) is 8.23. The van der Waals surface area contributed by atoms with E-state index in [1.807, 2.05) is 36.4 Å². The number of rotatable bonds is 9. The highest BCUT2D eigenvalue weighted by molar-refractivity contribution is 7.92. The van der Waals surface area contributed by atoms with Gasteiger partial charge in [0.05, 0.1) is 17.5 Å². The Morgan fingerprint density at radius 2 is 1.88 bits per heavy atom. The molecule has 1 amide bonds. The lowest BCUT2D eigenvalue weighted by atomic mass is 10.2. The van der Waals surface area contributed by atoms with E-state index in [1.165, 1.54) is 24.4 Å². The Bertz CT molecular complexity index is 1330. The van der Waals surface area contributed by atoms with E-state index in [9.17, 15) is 13.2 Å². The number of nitrogens with zero attached hydrogens (tertiary/aromatic N) is 2. The molecule has 176 valence electrons. The summed E-state index contributed by atoms with van der Waals surface area (Å²) < 4.78 is 31.0. The molecule has 4 N–H and O–H groups in total. The zero-order chi connectivity index (χ0) is 24.6.